The van der Waals surface area contributed by atoms with Crippen LogP contribution in [0.2, 0.25) is 0 Å². The fourth-order valence-electron chi connectivity index (χ4n) is 8.74. The fraction of sp³-hybridized carbons (Fsp3) is 0.825. The largest absolute Gasteiger partial charge is 0.462 e. The van der Waals surface area contributed by atoms with E-state index >= 15 is 0 Å². The summed E-state index contributed by atoms with van der Waals surface area (Å²) in [4.78, 5) is 38.2. The van der Waals surface area contributed by atoms with E-state index in [9.17, 15) is 14.4 Å². The Balaban J connectivity index is 4.38. The molecule has 0 aromatic heterocycles. The highest BCUT2D eigenvalue weighted by molar-refractivity contribution is 5.71. The van der Waals surface area contributed by atoms with Gasteiger partial charge in [-0.1, -0.05) is 262 Å². The highest BCUT2D eigenvalue weighted by atomic mass is 16.6. The SMILES string of the molecule is CCCCC/C=C\C/C=C\C/C=C\CCCCCCC(=O)OC[C@H](COC(=O)CCCCCCCCC/C=C\CCCCCC)OC(=O)CCCCCCCCCCCCCCCCCCCCC. The lowest BCUT2D eigenvalue weighted by Gasteiger charge is -2.18. The number of ether oxygens (including phenoxy) is 3. The molecule has 0 N–H and O–H groups in total. The third-order valence-electron chi connectivity index (χ3n) is 13.3. The first kappa shape index (κ1) is 66.4. The third kappa shape index (κ3) is 56.2. The highest BCUT2D eigenvalue weighted by Gasteiger charge is 2.19. The second-order valence-corrected chi connectivity index (χ2v) is 20.3. The average molecular weight is 968 g/mol. The molecule has 0 heterocycles. The third-order valence-corrected chi connectivity index (χ3v) is 13.3. The van der Waals surface area contributed by atoms with Crippen LogP contribution in [0.4, 0.5) is 0 Å². The quantitative estimate of drug-likeness (QED) is 0.0262. The molecule has 1 atom stereocenters. The Kier molecular flexibility index (Phi) is 55.7. The van der Waals surface area contributed by atoms with Crippen LogP contribution < -0.4 is 0 Å². The summed E-state index contributed by atoms with van der Waals surface area (Å²) < 4.78 is 16.9. The Morgan fingerprint density at radius 2 is 0.522 bits per heavy atom. The summed E-state index contributed by atoms with van der Waals surface area (Å²) in [7, 11) is 0. The van der Waals surface area contributed by atoms with Gasteiger partial charge in [-0.3, -0.25) is 14.4 Å². The minimum Gasteiger partial charge on any atom is -0.462 e. The molecule has 0 unspecified atom stereocenters. The molecule has 6 nitrogen and oxygen atoms in total. The molecule has 0 aromatic carbocycles. The summed E-state index contributed by atoms with van der Waals surface area (Å²) in [6.45, 7) is 6.62. The molecule has 0 saturated heterocycles. The van der Waals surface area contributed by atoms with Crippen molar-refractivity contribution in [2.24, 2.45) is 0 Å². The number of carbonyl (C=O) groups excluding carboxylic acids is 3. The molecule has 0 aromatic rings. The predicted molar refractivity (Wildman–Crippen MR) is 298 cm³/mol. The maximum atomic E-state index is 12.9. The van der Waals surface area contributed by atoms with E-state index in [0.29, 0.717) is 19.3 Å². The van der Waals surface area contributed by atoms with E-state index in [-0.39, 0.29) is 31.1 Å². The first-order valence-corrected chi connectivity index (χ1v) is 30.1. The van der Waals surface area contributed by atoms with Crippen molar-refractivity contribution in [3.8, 4) is 0 Å². The zero-order valence-electron chi connectivity index (χ0n) is 46.1. The first-order valence-electron chi connectivity index (χ1n) is 30.1. The van der Waals surface area contributed by atoms with Gasteiger partial charge < -0.3 is 14.2 Å². The minimum atomic E-state index is -0.782. The zero-order chi connectivity index (χ0) is 50.0. The maximum absolute atomic E-state index is 12.9. The lowest BCUT2D eigenvalue weighted by Crippen LogP contribution is -2.30. The fourth-order valence-corrected chi connectivity index (χ4v) is 8.74. The van der Waals surface area contributed by atoms with E-state index in [1.165, 1.54) is 193 Å². The first-order chi connectivity index (χ1) is 34.0. The van der Waals surface area contributed by atoms with Gasteiger partial charge in [-0.2, -0.15) is 0 Å². The normalized spacial score (nSPS) is 12.3. The van der Waals surface area contributed by atoms with E-state index in [2.05, 4.69) is 69.4 Å². The van der Waals surface area contributed by atoms with Crippen molar-refractivity contribution in [3.63, 3.8) is 0 Å². The molecule has 0 aliphatic carbocycles. The van der Waals surface area contributed by atoms with Crippen molar-refractivity contribution in [3.05, 3.63) is 48.6 Å². The molecular weight excluding hydrogens is 853 g/mol. The summed E-state index contributed by atoms with van der Waals surface area (Å²) in [5.41, 5.74) is 0. The number of hydrogen-bond acceptors (Lipinski definition) is 6. The van der Waals surface area contributed by atoms with Gasteiger partial charge in [-0.15, -0.1) is 0 Å². The molecule has 69 heavy (non-hydrogen) atoms. The van der Waals surface area contributed by atoms with E-state index in [4.69, 9.17) is 14.2 Å². The van der Waals surface area contributed by atoms with Crippen LogP contribution >= 0.6 is 0 Å². The standard InChI is InChI=1S/C63H114O6/c1-4-7-10-13-16-19-22-25-28-30-31-33-36-39-42-45-48-51-54-57-63(66)69-60(58-67-61(64)55-52-49-46-43-40-37-34-27-24-21-18-15-12-9-6-3)59-68-62(65)56-53-50-47-44-41-38-35-32-29-26-23-20-17-14-11-8-5-2/h17,20-21,24,26,29,35,38,60H,4-16,18-19,22-23,25,27-28,30-34,36-37,39-59H2,1-3H3/b20-17-,24-21-,29-26-,38-35-/t60-/m0/s1. The molecule has 0 aliphatic rings. The van der Waals surface area contributed by atoms with Crippen LogP contribution in [-0.2, 0) is 28.6 Å². The van der Waals surface area contributed by atoms with E-state index in [1.54, 1.807) is 0 Å². The predicted octanol–water partition coefficient (Wildman–Crippen LogP) is 20.2. The van der Waals surface area contributed by atoms with Crippen LogP contribution in [0, 0.1) is 0 Å². The molecule has 0 saturated carbocycles. The Morgan fingerprint density at radius 1 is 0.290 bits per heavy atom. The van der Waals surface area contributed by atoms with Gasteiger partial charge in [0.25, 0.3) is 0 Å². The second kappa shape index (κ2) is 57.9. The number of esters is 3. The molecule has 6 heteroatoms. The summed E-state index contributed by atoms with van der Waals surface area (Å²) in [6, 6.07) is 0. The summed E-state index contributed by atoms with van der Waals surface area (Å²) in [5.74, 6) is -0.888. The topological polar surface area (TPSA) is 78.9 Å². The van der Waals surface area contributed by atoms with Gasteiger partial charge in [0.2, 0.25) is 0 Å². The van der Waals surface area contributed by atoms with Crippen LogP contribution in [0.15, 0.2) is 48.6 Å². The highest BCUT2D eigenvalue weighted by Crippen LogP contribution is 2.17. The Bertz CT molecular complexity index is 1200. The van der Waals surface area contributed by atoms with Gasteiger partial charge >= 0.3 is 17.9 Å². The van der Waals surface area contributed by atoms with Crippen LogP contribution in [0.25, 0.3) is 0 Å². The van der Waals surface area contributed by atoms with E-state index in [0.717, 1.165) is 83.5 Å². The molecule has 0 spiro atoms. The van der Waals surface area contributed by atoms with Gasteiger partial charge in [0.15, 0.2) is 6.10 Å². The van der Waals surface area contributed by atoms with Crippen molar-refractivity contribution >= 4 is 17.9 Å². The Labute approximate surface area is 428 Å². The van der Waals surface area contributed by atoms with Crippen LogP contribution in [-0.4, -0.2) is 37.2 Å². The van der Waals surface area contributed by atoms with Crippen molar-refractivity contribution in [1.29, 1.82) is 0 Å². The number of hydrogen-bond donors (Lipinski definition) is 0. The number of rotatable bonds is 55. The van der Waals surface area contributed by atoms with Gasteiger partial charge in [0.1, 0.15) is 13.2 Å². The molecule has 0 rings (SSSR count). The molecule has 0 bridgehead atoms. The summed E-state index contributed by atoms with van der Waals surface area (Å²) in [6.07, 6.45) is 71.0. The molecule has 0 aliphatic heterocycles. The van der Waals surface area contributed by atoms with Gasteiger partial charge in [0, 0.05) is 19.3 Å². The number of unbranched alkanes of at least 4 members (excludes halogenated alkanes) is 36. The van der Waals surface area contributed by atoms with Crippen LogP contribution in [0.5, 0.6) is 0 Å². The molecule has 402 valence electrons. The summed E-state index contributed by atoms with van der Waals surface area (Å²) >= 11 is 0. The van der Waals surface area contributed by atoms with Crippen LogP contribution in [0.3, 0.4) is 0 Å². The van der Waals surface area contributed by atoms with Crippen molar-refractivity contribution < 1.29 is 28.6 Å². The molecule has 0 fully saturated rings. The number of carbonyl (C=O) groups is 3. The van der Waals surface area contributed by atoms with E-state index in [1.807, 2.05) is 0 Å². The zero-order valence-corrected chi connectivity index (χ0v) is 46.1. The lowest BCUT2D eigenvalue weighted by molar-refractivity contribution is -0.167. The van der Waals surface area contributed by atoms with Crippen molar-refractivity contribution in [1.82, 2.24) is 0 Å². The van der Waals surface area contributed by atoms with Gasteiger partial charge in [0.05, 0.1) is 0 Å². The molecule has 0 radical (unpaired) electrons. The summed E-state index contributed by atoms with van der Waals surface area (Å²) in [5, 5.41) is 0. The number of allylic oxidation sites excluding steroid dienone is 8. The average Bonchev–Trinajstić information content (AvgIpc) is 3.35. The Morgan fingerprint density at radius 3 is 0.870 bits per heavy atom. The lowest BCUT2D eigenvalue weighted by atomic mass is 10.0. The van der Waals surface area contributed by atoms with Crippen LogP contribution in [0.1, 0.15) is 316 Å². The molecule has 0 amide bonds. The monoisotopic (exact) mass is 967 g/mol. The maximum Gasteiger partial charge on any atom is 0.306 e. The van der Waals surface area contributed by atoms with E-state index < -0.39 is 6.10 Å². The van der Waals surface area contributed by atoms with Crippen molar-refractivity contribution in [2.75, 3.05) is 13.2 Å². The van der Waals surface area contributed by atoms with Gasteiger partial charge in [-0.05, 0) is 83.5 Å². The molecular formula is C63H114O6. The second-order valence-electron chi connectivity index (χ2n) is 20.3. The smallest absolute Gasteiger partial charge is 0.306 e. The van der Waals surface area contributed by atoms with Gasteiger partial charge in [-0.25, -0.2) is 0 Å². The van der Waals surface area contributed by atoms with Crippen molar-refractivity contribution in [2.45, 2.75) is 322 Å². The Hall–Kier alpha value is -2.63. The minimum absolute atomic E-state index is 0.0796.